The van der Waals surface area contributed by atoms with Crippen LogP contribution in [-0.2, 0) is 9.13 Å². The van der Waals surface area contributed by atoms with Crippen LogP contribution in [0.2, 0.25) is 0 Å². The van der Waals surface area contributed by atoms with Gasteiger partial charge in [0.15, 0.2) is 25.4 Å². The molecule has 1 N–H and O–H groups in total. The Morgan fingerprint density at radius 2 is 0.824 bits per heavy atom. The number of fused-ring (bicyclic) bond motifs is 7. The number of Topliss-reactive ketones (excluding diaryl/α,β-unsaturated/α-hetero) is 1. The molecule has 12 rings (SSSR count). The van der Waals surface area contributed by atoms with Gasteiger partial charge in [-0.05, 0) is 45.8 Å². The first-order valence-corrected chi connectivity index (χ1v) is 27.2. The molecule has 0 bridgehead atoms. The van der Waals surface area contributed by atoms with Crippen molar-refractivity contribution in [2.24, 2.45) is 0 Å². The van der Waals surface area contributed by atoms with E-state index in [-0.39, 0.29) is 60.3 Å². The molecule has 2 aromatic heterocycles. The van der Waals surface area contributed by atoms with E-state index in [9.17, 15) is 37.0 Å². The Hall–Kier alpha value is -6.55. The maximum Gasteiger partial charge on any atom is 0.455 e. The van der Waals surface area contributed by atoms with Gasteiger partial charge in [-0.25, -0.2) is 4.79 Å². The first-order valence-electron chi connectivity index (χ1n) is 23.0. The summed E-state index contributed by atoms with van der Waals surface area (Å²) < 4.78 is 72.9. The first kappa shape index (κ1) is 52.3. The van der Waals surface area contributed by atoms with Crippen molar-refractivity contribution in [3.8, 4) is 5.75 Å². The Labute approximate surface area is 468 Å². The van der Waals surface area contributed by atoms with E-state index in [0.29, 0.717) is 4.70 Å². The number of rotatable bonds is 7. The predicted octanol–water partition coefficient (Wildman–Crippen LogP) is 13.6. The summed E-state index contributed by atoms with van der Waals surface area (Å²) in [5, 5.41) is 21.4. The van der Waals surface area contributed by atoms with Crippen molar-refractivity contribution in [2.45, 2.75) is 6.18 Å². The molecule has 0 aliphatic carbocycles. The number of carbonyl (C=O) groups is 1. The number of ketones is 1. The molecule has 0 amide bonds. The van der Waals surface area contributed by atoms with Gasteiger partial charge in [-0.3, -0.25) is 4.79 Å². The third-order valence-electron chi connectivity index (χ3n) is 12.5. The number of thiophene rings is 1. The minimum Gasteiger partial charge on any atom is -0.506 e. The van der Waals surface area contributed by atoms with E-state index in [1.807, 2.05) is 182 Å². The molecule has 0 spiro atoms. The molecule has 2 heterocycles. The Morgan fingerprint density at radius 3 is 1.26 bits per heavy atom. The predicted molar refractivity (Wildman–Crippen MR) is 294 cm³/mol. The summed E-state index contributed by atoms with van der Waals surface area (Å²) in [4.78, 5) is 23.4. The minimum absolute atomic E-state index is 0. The van der Waals surface area contributed by atoms with E-state index in [0.717, 1.165) is 68.8 Å². The van der Waals surface area contributed by atoms with Crippen LogP contribution in [0.25, 0.3) is 52.7 Å². The molecule has 0 aliphatic rings. The zero-order valence-corrected chi connectivity index (χ0v) is 43.9. The van der Waals surface area contributed by atoms with Gasteiger partial charge in [0.2, 0.25) is 0 Å². The monoisotopic (exact) mass is 1170 g/mol. The average molecular weight is 1170 g/mol. The summed E-state index contributed by atoms with van der Waals surface area (Å²) in [5.74, 6) is -3.45. The van der Waals surface area contributed by atoms with Gasteiger partial charge in [-0.1, -0.05) is 218 Å². The Kier molecular flexibility index (Phi) is 15.6. The van der Waals surface area contributed by atoms with Gasteiger partial charge >= 0.3 is 11.8 Å². The van der Waals surface area contributed by atoms with Crippen LogP contribution in [0.1, 0.15) is 10.4 Å². The van der Waals surface area contributed by atoms with Crippen LogP contribution in [0, 0.1) is 49.4 Å². The van der Waals surface area contributed by atoms with Crippen molar-refractivity contribution >= 4 is 116 Å². The maximum atomic E-state index is 14.3. The molecule has 0 aliphatic heterocycles. The average Bonchev–Trinajstić information content (AvgIpc) is 3.83. The zero-order chi connectivity index (χ0) is 50.7. The molecular weight excluding hydrogens is 1130 g/mol. The molecular formula is C61H41EuF3O6P2S. The molecule has 74 heavy (non-hydrogen) atoms. The first-order chi connectivity index (χ1) is 35.4. The summed E-state index contributed by atoms with van der Waals surface area (Å²) >= 11 is 1.28. The summed E-state index contributed by atoms with van der Waals surface area (Å²) in [6.07, 6.45) is -5.29. The molecule has 6 nitrogen and oxygen atoms in total. The van der Waals surface area contributed by atoms with Gasteiger partial charge in [0, 0.05) is 96.7 Å². The number of halogens is 3. The molecule has 0 atom stereocenters. The number of hydrogen-bond donors (Lipinski definition) is 1. The standard InChI is InChI=1S/2C22H17OP.C17H7F3O4S.Eu/c2*23-24(20-11-3-1-4-12-20,21-13-5-2-6-14-21)22-16-15-18-9-7-8-10-19(18)17-22;18-17(19,20)15(22)11-12(21)9-6-5-8-7-3-1-2-4-10(7)25-14(8)13(9)24-16(11)23;/h2*1-17H;1-6,21H;. The van der Waals surface area contributed by atoms with Gasteiger partial charge in [-0.2, -0.15) is 13.2 Å². The van der Waals surface area contributed by atoms with Crippen LogP contribution in [0.15, 0.2) is 252 Å². The molecule has 365 valence electrons. The second-order valence-corrected chi connectivity index (χ2v) is 23.6. The molecule has 10 aromatic carbocycles. The number of aromatic hydroxyl groups is 1. The summed E-state index contributed by atoms with van der Waals surface area (Å²) in [5.41, 5.74) is -2.96. The van der Waals surface area contributed by atoms with Crippen LogP contribution in [-0.4, -0.2) is 17.1 Å². The van der Waals surface area contributed by atoms with Crippen molar-refractivity contribution in [3.05, 3.63) is 259 Å². The van der Waals surface area contributed by atoms with Gasteiger partial charge in [0.05, 0.1) is 10.1 Å². The van der Waals surface area contributed by atoms with Crippen molar-refractivity contribution < 1.29 is 86.0 Å². The minimum atomic E-state index is -5.29. The van der Waals surface area contributed by atoms with Crippen molar-refractivity contribution in [3.63, 3.8) is 0 Å². The van der Waals surface area contributed by atoms with E-state index in [1.165, 1.54) is 17.4 Å². The van der Waals surface area contributed by atoms with E-state index in [2.05, 4.69) is 48.5 Å². The SMILES string of the molecule is O=C(c1c(O)c2ccc3c4ccccc4sc3c2oc1=O)C(F)(F)F.O=P(c1ccccc1)(c1ccccc1)c1ccc2ccccc2c1.O=P(c1ccccc1)(c1ccccc1)c1ccc2ccccc2c1.[Eu]. The van der Waals surface area contributed by atoms with Crippen LogP contribution in [0.4, 0.5) is 13.2 Å². The van der Waals surface area contributed by atoms with E-state index < -0.39 is 43.2 Å². The molecule has 12 aromatic rings. The summed E-state index contributed by atoms with van der Waals surface area (Å²) in [6.45, 7) is 0. The number of carbonyl (C=O) groups excluding carboxylic acids is 1. The van der Waals surface area contributed by atoms with Gasteiger partial charge < -0.3 is 18.7 Å². The quantitative estimate of drug-likeness (QED) is 0.0969. The molecule has 1 radical (unpaired) electrons. The van der Waals surface area contributed by atoms with Crippen molar-refractivity contribution in [1.82, 2.24) is 0 Å². The van der Waals surface area contributed by atoms with Crippen LogP contribution in [0.3, 0.4) is 0 Å². The number of alkyl halides is 3. The topological polar surface area (TPSA) is 102 Å². The Morgan fingerprint density at radius 1 is 0.446 bits per heavy atom. The van der Waals surface area contributed by atoms with Gasteiger partial charge in [0.1, 0.15) is 5.75 Å². The number of benzene rings is 10. The summed E-state index contributed by atoms with van der Waals surface area (Å²) in [7, 11) is -5.76. The van der Waals surface area contributed by atoms with Gasteiger partial charge in [0.25, 0.3) is 5.78 Å². The smallest absolute Gasteiger partial charge is 0.455 e. The molecule has 0 unspecified atom stereocenters. The fourth-order valence-corrected chi connectivity index (χ4v) is 15.5. The summed E-state index contributed by atoms with van der Waals surface area (Å²) in [6, 6.07) is 78.1. The van der Waals surface area contributed by atoms with Crippen LogP contribution >= 0.6 is 25.6 Å². The fourth-order valence-electron chi connectivity index (χ4n) is 8.96. The second kappa shape index (κ2) is 22.1. The van der Waals surface area contributed by atoms with E-state index in [4.69, 9.17) is 4.42 Å². The normalized spacial score (nSPS) is 11.6. The molecule has 13 heteroatoms. The van der Waals surface area contributed by atoms with Crippen LogP contribution < -0.4 is 37.5 Å². The maximum absolute atomic E-state index is 14.3. The fraction of sp³-hybridized carbons (Fsp3) is 0.0164. The third kappa shape index (κ3) is 10.2. The molecule has 0 saturated carbocycles. The molecule has 0 saturated heterocycles. The molecule has 0 fully saturated rings. The van der Waals surface area contributed by atoms with Gasteiger partial charge in [-0.15, -0.1) is 11.3 Å². The largest absolute Gasteiger partial charge is 0.506 e. The Balaban J connectivity index is 0.000000135. The van der Waals surface area contributed by atoms with Crippen molar-refractivity contribution in [2.75, 3.05) is 0 Å². The second-order valence-electron chi connectivity index (χ2n) is 17.0. The Bertz CT molecular complexity index is 3890. The van der Waals surface area contributed by atoms with E-state index >= 15 is 0 Å². The van der Waals surface area contributed by atoms with Crippen molar-refractivity contribution in [1.29, 1.82) is 0 Å². The number of hydrogen-bond acceptors (Lipinski definition) is 7. The zero-order valence-electron chi connectivity index (χ0n) is 38.9. The van der Waals surface area contributed by atoms with Crippen LogP contribution in [0.5, 0.6) is 5.75 Å². The third-order valence-corrected chi connectivity index (χ3v) is 19.8. The van der Waals surface area contributed by atoms with E-state index in [1.54, 1.807) is 6.07 Å².